The van der Waals surface area contributed by atoms with Crippen LogP contribution in [0.25, 0.3) is 0 Å². The average molecular weight is 162 g/mol. The van der Waals surface area contributed by atoms with Crippen molar-refractivity contribution in [3.8, 4) is 0 Å². The molecule has 0 saturated carbocycles. The van der Waals surface area contributed by atoms with Crippen LogP contribution in [0, 0.1) is 0 Å². The van der Waals surface area contributed by atoms with Crippen molar-refractivity contribution in [2.45, 2.75) is 6.54 Å². The lowest BCUT2D eigenvalue weighted by atomic mass is 10.4. The zero-order chi connectivity index (χ0) is 6.69. The number of rotatable bonds is 2. The first kappa shape index (κ1) is 9.46. The van der Waals surface area contributed by atoms with Crippen LogP contribution in [0.5, 0.6) is 0 Å². The molecule has 0 radical (unpaired) electrons. The smallest absolute Gasteiger partial charge is 0.0534 e. The quantitative estimate of drug-likeness (QED) is 0.687. The van der Waals surface area contributed by atoms with Crippen LogP contribution in [0.4, 0.5) is 0 Å². The van der Waals surface area contributed by atoms with Gasteiger partial charge in [0.2, 0.25) is 0 Å². The monoisotopic (exact) mass is 161 g/mol. The molecule has 58 valence electrons. The molecule has 0 unspecified atom stereocenters. The maximum absolute atomic E-state index is 4.01. The molecule has 1 rings (SSSR count). The van der Waals surface area contributed by atoms with Crippen LogP contribution in [-0.2, 0) is 13.6 Å². The van der Waals surface area contributed by atoms with E-state index in [2.05, 4.69) is 10.4 Å². The van der Waals surface area contributed by atoms with Crippen LogP contribution in [0.2, 0.25) is 0 Å². The van der Waals surface area contributed by atoms with Gasteiger partial charge in [0.25, 0.3) is 0 Å². The first-order valence-corrected chi connectivity index (χ1v) is 2.95. The summed E-state index contributed by atoms with van der Waals surface area (Å²) >= 11 is 0. The Bertz CT molecular complexity index is 185. The lowest BCUT2D eigenvalue weighted by molar-refractivity contribution is 0.764. The maximum Gasteiger partial charge on any atom is 0.0534 e. The number of nitrogens with one attached hydrogen (secondary N) is 1. The maximum atomic E-state index is 4.01. The summed E-state index contributed by atoms with van der Waals surface area (Å²) < 4.78 is 1.80. The van der Waals surface area contributed by atoms with E-state index in [-0.39, 0.29) is 12.4 Å². The van der Waals surface area contributed by atoms with Crippen molar-refractivity contribution in [1.29, 1.82) is 0 Å². The van der Waals surface area contributed by atoms with Gasteiger partial charge in [0, 0.05) is 25.4 Å². The van der Waals surface area contributed by atoms with Gasteiger partial charge in [-0.3, -0.25) is 4.68 Å². The molecule has 1 N–H and O–H groups in total. The van der Waals surface area contributed by atoms with Crippen molar-refractivity contribution in [3.05, 3.63) is 18.0 Å². The van der Waals surface area contributed by atoms with Crippen molar-refractivity contribution in [2.24, 2.45) is 7.05 Å². The highest BCUT2D eigenvalue weighted by atomic mass is 35.5. The average Bonchev–Trinajstić information content (AvgIpc) is 2.17. The second-order valence-electron chi connectivity index (χ2n) is 2.05. The lowest BCUT2D eigenvalue weighted by Gasteiger charge is -1.89. The number of hydrogen-bond acceptors (Lipinski definition) is 2. The van der Waals surface area contributed by atoms with E-state index in [1.54, 1.807) is 4.68 Å². The van der Waals surface area contributed by atoms with Crippen LogP contribution in [0.1, 0.15) is 5.56 Å². The second kappa shape index (κ2) is 4.30. The molecule has 3 nitrogen and oxygen atoms in total. The predicted molar refractivity (Wildman–Crippen MR) is 43.2 cm³/mol. The standard InChI is InChI=1S/C6H11N3.ClH/c1-7-3-6-4-8-9(2)5-6;/h4-5,7H,3H2,1-2H3;1H. The lowest BCUT2D eigenvalue weighted by Crippen LogP contribution is -2.03. The number of halogens is 1. The molecule has 0 bridgehead atoms. The Labute approximate surface area is 66.8 Å². The van der Waals surface area contributed by atoms with Crippen LogP contribution < -0.4 is 5.32 Å². The molecule has 0 amide bonds. The van der Waals surface area contributed by atoms with Gasteiger partial charge in [0.05, 0.1) is 6.20 Å². The number of nitrogens with zero attached hydrogens (tertiary/aromatic N) is 2. The van der Waals surface area contributed by atoms with E-state index in [9.17, 15) is 0 Å². The third-order valence-electron chi connectivity index (χ3n) is 1.14. The first-order chi connectivity index (χ1) is 4.33. The third-order valence-corrected chi connectivity index (χ3v) is 1.14. The summed E-state index contributed by atoms with van der Waals surface area (Å²) in [5, 5.41) is 7.06. The molecule has 0 spiro atoms. The third kappa shape index (κ3) is 2.37. The van der Waals surface area contributed by atoms with Gasteiger partial charge in [0.15, 0.2) is 0 Å². The Morgan fingerprint density at radius 1 is 1.70 bits per heavy atom. The fourth-order valence-electron chi connectivity index (χ4n) is 0.767. The minimum Gasteiger partial charge on any atom is -0.316 e. The van der Waals surface area contributed by atoms with Gasteiger partial charge in [-0.15, -0.1) is 12.4 Å². The highest BCUT2D eigenvalue weighted by Gasteiger charge is 1.90. The number of aryl methyl sites for hydroxylation is 1. The minimum absolute atomic E-state index is 0. The van der Waals surface area contributed by atoms with Crippen LogP contribution in [0.15, 0.2) is 12.4 Å². The van der Waals surface area contributed by atoms with E-state index in [0.717, 1.165) is 6.54 Å². The topological polar surface area (TPSA) is 29.9 Å². The molecule has 1 aromatic heterocycles. The molecule has 0 aliphatic rings. The molecule has 0 aliphatic carbocycles. The Balaban J connectivity index is 0.000000810. The van der Waals surface area contributed by atoms with Gasteiger partial charge in [0.1, 0.15) is 0 Å². The van der Waals surface area contributed by atoms with Gasteiger partial charge >= 0.3 is 0 Å². The Morgan fingerprint density at radius 3 is 2.80 bits per heavy atom. The Hall–Kier alpha value is -0.540. The van der Waals surface area contributed by atoms with Crippen molar-refractivity contribution < 1.29 is 0 Å². The fourth-order valence-corrected chi connectivity index (χ4v) is 0.767. The number of hydrogen-bond donors (Lipinski definition) is 1. The SMILES string of the molecule is CNCc1cnn(C)c1.Cl. The summed E-state index contributed by atoms with van der Waals surface area (Å²) in [5.41, 5.74) is 1.22. The highest BCUT2D eigenvalue weighted by Crippen LogP contribution is 1.92. The summed E-state index contributed by atoms with van der Waals surface area (Å²) in [7, 11) is 3.84. The van der Waals surface area contributed by atoms with E-state index in [4.69, 9.17) is 0 Å². The van der Waals surface area contributed by atoms with Crippen molar-refractivity contribution in [3.63, 3.8) is 0 Å². The molecule has 0 saturated heterocycles. The highest BCUT2D eigenvalue weighted by molar-refractivity contribution is 5.85. The Morgan fingerprint density at radius 2 is 2.40 bits per heavy atom. The molecule has 1 heterocycles. The molecule has 10 heavy (non-hydrogen) atoms. The first-order valence-electron chi connectivity index (χ1n) is 2.95. The molecular weight excluding hydrogens is 150 g/mol. The van der Waals surface area contributed by atoms with E-state index in [0.29, 0.717) is 0 Å². The zero-order valence-electron chi connectivity index (χ0n) is 6.16. The molecule has 0 fully saturated rings. The van der Waals surface area contributed by atoms with E-state index < -0.39 is 0 Å². The van der Waals surface area contributed by atoms with Crippen LogP contribution in [-0.4, -0.2) is 16.8 Å². The second-order valence-corrected chi connectivity index (χ2v) is 2.05. The normalized spacial score (nSPS) is 9.00. The van der Waals surface area contributed by atoms with Gasteiger partial charge in [-0.05, 0) is 7.05 Å². The van der Waals surface area contributed by atoms with E-state index in [1.165, 1.54) is 5.56 Å². The zero-order valence-corrected chi connectivity index (χ0v) is 6.98. The van der Waals surface area contributed by atoms with Gasteiger partial charge in [-0.1, -0.05) is 0 Å². The molecule has 0 aliphatic heterocycles. The van der Waals surface area contributed by atoms with E-state index in [1.807, 2.05) is 26.5 Å². The van der Waals surface area contributed by atoms with E-state index >= 15 is 0 Å². The molecule has 1 aromatic rings. The molecule has 0 atom stereocenters. The Kier molecular flexibility index (Phi) is 4.07. The number of aromatic nitrogens is 2. The van der Waals surface area contributed by atoms with Crippen LogP contribution >= 0.6 is 12.4 Å². The van der Waals surface area contributed by atoms with Gasteiger partial charge in [-0.2, -0.15) is 5.10 Å². The summed E-state index contributed by atoms with van der Waals surface area (Å²) in [6.07, 6.45) is 3.85. The van der Waals surface area contributed by atoms with Gasteiger partial charge in [-0.25, -0.2) is 0 Å². The molecular formula is C6H12ClN3. The van der Waals surface area contributed by atoms with Crippen LogP contribution in [0.3, 0.4) is 0 Å². The molecule has 0 aromatic carbocycles. The van der Waals surface area contributed by atoms with Crippen molar-refractivity contribution in [2.75, 3.05) is 7.05 Å². The summed E-state index contributed by atoms with van der Waals surface area (Å²) in [4.78, 5) is 0. The minimum atomic E-state index is 0. The summed E-state index contributed by atoms with van der Waals surface area (Å²) in [6, 6.07) is 0. The fraction of sp³-hybridized carbons (Fsp3) is 0.500. The summed E-state index contributed by atoms with van der Waals surface area (Å²) in [6.45, 7) is 0.897. The van der Waals surface area contributed by atoms with Gasteiger partial charge < -0.3 is 5.32 Å². The molecule has 4 heteroatoms. The largest absolute Gasteiger partial charge is 0.316 e. The predicted octanol–water partition coefficient (Wildman–Crippen LogP) is 0.561. The van der Waals surface area contributed by atoms with Crippen molar-refractivity contribution in [1.82, 2.24) is 15.1 Å². The van der Waals surface area contributed by atoms with Crippen molar-refractivity contribution >= 4 is 12.4 Å². The summed E-state index contributed by atoms with van der Waals surface area (Å²) in [5.74, 6) is 0.